The topological polar surface area (TPSA) is 83.1 Å². The van der Waals surface area contributed by atoms with Gasteiger partial charge in [-0.25, -0.2) is 4.79 Å². The van der Waals surface area contributed by atoms with Gasteiger partial charge in [-0.05, 0) is 48.4 Å². The predicted molar refractivity (Wildman–Crippen MR) is 129 cm³/mol. The second kappa shape index (κ2) is 10.6. The Hall–Kier alpha value is -4.26. The molecule has 1 aliphatic rings. The average molecular weight is 459 g/mol. The summed E-state index contributed by atoms with van der Waals surface area (Å²) in [6.07, 6.45) is 0.684. The van der Waals surface area contributed by atoms with Gasteiger partial charge >= 0.3 is 5.97 Å². The van der Waals surface area contributed by atoms with Gasteiger partial charge in [0.15, 0.2) is 17.6 Å². The van der Waals surface area contributed by atoms with E-state index in [4.69, 9.17) is 18.9 Å². The molecular weight excluding hydrogens is 434 g/mol. The van der Waals surface area contributed by atoms with Gasteiger partial charge in [-0.15, -0.1) is 0 Å². The van der Waals surface area contributed by atoms with E-state index in [1.54, 1.807) is 31.4 Å². The lowest BCUT2D eigenvalue weighted by Gasteiger charge is -2.19. The third-order valence-electron chi connectivity index (χ3n) is 5.17. The van der Waals surface area contributed by atoms with Gasteiger partial charge in [0, 0.05) is 11.8 Å². The molecule has 1 heterocycles. The fraction of sp³-hybridized carbons (Fsp3) is 0.185. The summed E-state index contributed by atoms with van der Waals surface area (Å²) in [6, 6.07) is 21.6. The Balaban J connectivity index is 1.50. The van der Waals surface area contributed by atoms with Crippen LogP contribution in [0.25, 0.3) is 11.6 Å². The van der Waals surface area contributed by atoms with E-state index in [0.29, 0.717) is 47.3 Å². The highest BCUT2D eigenvalue weighted by Crippen LogP contribution is 2.32. The number of esters is 1. The van der Waals surface area contributed by atoms with E-state index in [0.717, 1.165) is 5.56 Å². The zero-order valence-electron chi connectivity index (χ0n) is 18.9. The third-order valence-corrected chi connectivity index (χ3v) is 5.17. The van der Waals surface area contributed by atoms with E-state index < -0.39 is 18.0 Å². The molecule has 1 unspecified atom stereocenters. The number of fused-ring (bicyclic) bond motifs is 1. The van der Waals surface area contributed by atoms with Gasteiger partial charge in [-0.3, -0.25) is 4.79 Å². The molecule has 174 valence electrons. The predicted octanol–water partition coefficient (Wildman–Crippen LogP) is 4.58. The summed E-state index contributed by atoms with van der Waals surface area (Å²) in [5, 5.41) is 2.75. The molecule has 1 aliphatic heterocycles. The van der Waals surface area contributed by atoms with Gasteiger partial charge < -0.3 is 24.3 Å². The summed E-state index contributed by atoms with van der Waals surface area (Å²) in [6.45, 7) is 2.46. The number of hydrogen-bond acceptors (Lipinski definition) is 6. The van der Waals surface area contributed by atoms with Gasteiger partial charge in [0.05, 0.1) is 12.7 Å². The van der Waals surface area contributed by atoms with Crippen molar-refractivity contribution in [2.24, 2.45) is 0 Å². The molecule has 7 heteroatoms. The lowest BCUT2D eigenvalue weighted by molar-refractivity contribution is -0.147. The van der Waals surface area contributed by atoms with E-state index in [1.165, 1.54) is 6.92 Å². The summed E-state index contributed by atoms with van der Waals surface area (Å²) in [7, 11) is 1.58. The summed E-state index contributed by atoms with van der Waals surface area (Å²) in [5.41, 5.74) is 2.29. The number of anilines is 1. The molecule has 1 atom stereocenters. The normalized spacial score (nSPS) is 13.5. The molecule has 0 saturated carbocycles. The molecule has 1 N–H and O–H groups in total. The number of methoxy groups -OCH3 is 1. The Kier molecular flexibility index (Phi) is 7.13. The van der Waals surface area contributed by atoms with Crippen LogP contribution in [-0.2, 0) is 14.3 Å². The number of carbonyl (C=O) groups is 2. The van der Waals surface area contributed by atoms with E-state index in [1.807, 2.05) is 54.6 Å². The lowest BCUT2D eigenvalue weighted by atomic mass is 10.0. The molecule has 0 spiro atoms. The van der Waals surface area contributed by atoms with Gasteiger partial charge in [0.1, 0.15) is 19.0 Å². The van der Waals surface area contributed by atoms with Crippen molar-refractivity contribution in [2.45, 2.75) is 13.0 Å². The first-order chi connectivity index (χ1) is 16.5. The second-order valence-electron chi connectivity index (χ2n) is 7.60. The molecule has 34 heavy (non-hydrogen) atoms. The summed E-state index contributed by atoms with van der Waals surface area (Å²) in [4.78, 5) is 25.8. The Labute approximate surface area is 197 Å². The molecule has 0 aliphatic carbocycles. The van der Waals surface area contributed by atoms with Gasteiger partial charge in [0.25, 0.3) is 5.91 Å². The molecule has 0 bridgehead atoms. The standard InChI is InChI=1S/C27H25NO6/c1-18(26(29)28-21-11-12-24-25(17-21)33-14-13-32-24)34-27(30)23(20-8-4-3-5-9-20)16-19-7-6-10-22(15-19)31-2/h3-12,15-18H,13-14H2,1-2H3,(H,28,29)/b23-16+. The molecular formula is C27H25NO6. The Bertz CT molecular complexity index is 1200. The molecule has 0 saturated heterocycles. The third kappa shape index (κ3) is 5.56. The Morgan fingerprint density at radius 3 is 2.47 bits per heavy atom. The second-order valence-corrected chi connectivity index (χ2v) is 7.60. The molecule has 0 radical (unpaired) electrons. The molecule has 0 fully saturated rings. The number of benzene rings is 3. The van der Waals surface area contributed by atoms with Crippen LogP contribution in [0.2, 0.25) is 0 Å². The van der Waals surface area contributed by atoms with Crippen molar-refractivity contribution >= 4 is 29.2 Å². The largest absolute Gasteiger partial charge is 0.497 e. The number of hydrogen-bond donors (Lipinski definition) is 1. The first-order valence-electron chi connectivity index (χ1n) is 10.9. The van der Waals surface area contributed by atoms with E-state index >= 15 is 0 Å². The first-order valence-corrected chi connectivity index (χ1v) is 10.9. The van der Waals surface area contributed by atoms with Crippen LogP contribution < -0.4 is 19.5 Å². The van der Waals surface area contributed by atoms with Crippen molar-refractivity contribution in [1.29, 1.82) is 0 Å². The first kappa shape index (κ1) is 22.9. The minimum atomic E-state index is -1.03. The number of amides is 1. The fourth-order valence-electron chi connectivity index (χ4n) is 3.42. The van der Waals surface area contributed by atoms with Gasteiger partial charge in [0.2, 0.25) is 0 Å². The monoisotopic (exact) mass is 459 g/mol. The maximum Gasteiger partial charge on any atom is 0.339 e. The van der Waals surface area contributed by atoms with E-state index in [2.05, 4.69) is 5.32 Å². The van der Waals surface area contributed by atoms with Crippen LogP contribution in [0.5, 0.6) is 17.2 Å². The van der Waals surface area contributed by atoms with Gasteiger partial charge in [-0.2, -0.15) is 0 Å². The SMILES string of the molecule is COc1cccc(/C=C(/C(=O)OC(C)C(=O)Nc2ccc3c(c2)OCCO3)c2ccccc2)c1. The van der Waals surface area contributed by atoms with Crippen molar-refractivity contribution in [3.05, 3.63) is 83.9 Å². The summed E-state index contributed by atoms with van der Waals surface area (Å²) in [5.74, 6) is 0.777. The minimum Gasteiger partial charge on any atom is -0.497 e. The van der Waals surface area contributed by atoms with Crippen LogP contribution in [0.4, 0.5) is 5.69 Å². The van der Waals surface area contributed by atoms with Crippen LogP contribution >= 0.6 is 0 Å². The van der Waals surface area contributed by atoms with Crippen LogP contribution in [-0.4, -0.2) is 38.3 Å². The maximum absolute atomic E-state index is 13.1. The fourth-order valence-corrected chi connectivity index (χ4v) is 3.42. The minimum absolute atomic E-state index is 0.327. The van der Waals surface area contributed by atoms with Crippen molar-refractivity contribution < 1.29 is 28.5 Å². The quantitative estimate of drug-likeness (QED) is 0.316. The molecule has 7 nitrogen and oxygen atoms in total. The smallest absolute Gasteiger partial charge is 0.339 e. The van der Waals surface area contributed by atoms with Crippen LogP contribution in [0.15, 0.2) is 72.8 Å². The number of carbonyl (C=O) groups excluding carboxylic acids is 2. The molecule has 1 amide bonds. The molecule has 3 aromatic rings. The van der Waals surface area contributed by atoms with Crippen molar-refractivity contribution in [3.8, 4) is 17.2 Å². The summed E-state index contributed by atoms with van der Waals surface area (Å²) >= 11 is 0. The maximum atomic E-state index is 13.1. The number of ether oxygens (including phenoxy) is 4. The Morgan fingerprint density at radius 1 is 0.941 bits per heavy atom. The van der Waals surface area contributed by atoms with Crippen molar-refractivity contribution in [2.75, 3.05) is 25.6 Å². The highest BCUT2D eigenvalue weighted by atomic mass is 16.6. The van der Waals surface area contributed by atoms with Crippen LogP contribution in [0, 0.1) is 0 Å². The Morgan fingerprint density at radius 2 is 1.71 bits per heavy atom. The van der Waals surface area contributed by atoms with Crippen LogP contribution in [0.1, 0.15) is 18.1 Å². The van der Waals surface area contributed by atoms with Gasteiger partial charge in [-0.1, -0.05) is 42.5 Å². The lowest BCUT2D eigenvalue weighted by Crippen LogP contribution is -2.30. The van der Waals surface area contributed by atoms with Crippen molar-refractivity contribution in [3.63, 3.8) is 0 Å². The molecule has 4 rings (SSSR count). The number of nitrogens with one attached hydrogen (secondary N) is 1. The van der Waals surface area contributed by atoms with Crippen LogP contribution in [0.3, 0.4) is 0 Å². The highest BCUT2D eigenvalue weighted by molar-refractivity contribution is 6.22. The zero-order valence-corrected chi connectivity index (χ0v) is 18.9. The van der Waals surface area contributed by atoms with Crippen molar-refractivity contribution in [1.82, 2.24) is 0 Å². The average Bonchev–Trinajstić information content (AvgIpc) is 2.87. The molecule has 3 aromatic carbocycles. The van der Waals surface area contributed by atoms with E-state index in [-0.39, 0.29) is 0 Å². The number of rotatable bonds is 7. The zero-order chi connectivity index (χ0) is 23.9. The highest BCUT2D eigenvalue weighted by Gasteiger charge is 2.22. The molecule has 0 aromatic heterocycles. The summed E-state index contributed by atoms with van der Waals surface area (Å²) < 4.78 is 21.9. The van der Waals surface area contributed by atoms with E-state index in [9.17, 15) is 9.59 Å².